The standard InChI is InChI=1S/C14H10Br2FNO/c1-8-6-9(2-4-12(8)17)14(19)18-13-5-3-10(15)7-11(13)16/h2-7H,1H3,(H,18,19). The Bertz CT molecular complexity index is 643. The molecule has 0 atom stereocenters. The Hall–Kier alpha value is -1.20. The first-order chi connectivity index (χ1) is 8.97. The summed E-state index contributed by atoms with van der Waals surface area (Å²) < 4.78 is 14.8. The summed E-state index contributed by atoms with van der Waals surface area (Å²) in [5.41, 5.74) is 1.53. The molecule has 1 N–H and O–H groups in total. The van der Waals surface area contributed by atoms with Gasteiger partial charge in [0.2, 0.25) is 0 Å². The number of benzene rings is 2. The van der Waals surface area contributed by atoms with Crippen molar-refractivity contribution in [1.29, 1.82) is 0 Å². The zero-order chi connectivity index (χ0) is 14.0. The fourth-order valence-corrected chi connectivity index (χ4v) is 2.72. The van der Waals surface area contributed by atoms with E-state index in [0.29, 0.717) is 16.8 Å². The Balaban J connectivity index is 2.23. The summed E-state index contributed by atoms with van der Waals surface area (Å²) in [4.78, 5) is 12.0. The molecule has 98 valence electrons. The molecule has 5 heteroatoms. The minimum absolute atomic E-state index is 0.272. The summed E-state index contributed by atoms with van der Waals surface area (Å²) in [6.45, 7) is 1.63. The maximum atomic E-state index is 13.2. The molecule has 0 aliphatic carbocycles. The fourth-order valence-electron chi connectivity index (χ4n) is 1.57. The molecule has 19 heavy (non-hydrogen) atoms. The van der Waals surface area contributed by atoms with Gasteiger partial charge in [-0.15, -0.1) is 0 Å². The van der Waals surface area contributed by atoms with Gasteiger partial charge in [-0.05, 0) is 64.8 Å². The average molecular weight is 387 g/mol. The van der Waals surface area contributed by atoms with Crippen molar-refractivity contribution in [2.45, 2.75) is 6.92 Å². The first kappa shape index (κ1) is 14.2. The molecule has 0 unspecified atom stereocenters. The molecule has 0 bridgehead atoms. The van der Waals surface area contributed by atoms with Crippen molar-refractivity contribution in [2.75, 3.05) is 5.32 Å². The number of halogens is 3. The zero-order valence-electron chi connectivity index (χ0n) is 10.0. The molecule has 2 rings (SSSR count). The van der Waals surface area contributed by atoms with Crippen molar-refractivity contribution >= 4 is 43.5 Å². The van der Waals surface area contributed by atoms with Gasteiger partial charge in [0.1, 0.15) is 5.82 Å². The topological polar surface area (TPSA) is 29.1 Å². The molecular weight excluding hydrogens is 377 g/mol. The summed E-state index contributed by atoms with van der Waals surface area (Å²) in [6, 6.07) is 9.73. The lowest BCUT2D eigenvalue weighted by Gasteiger charge is -2.08. The predicted octanol–water partition coefficient (Wildman–Crippen LogP) is 4.91. The highest BCUT2D eigenvalue weighted by Gasteiger charge is 2.10. The van der Waals surface area contributed by atoms with Gasteiger partial charge >= 0.3 is 0 Å². The molecule has 0 heterocycles. The number of nitrogens with one attached hydrogen (secondary N) is 1. The summed E-state index contributed by atoms with van der Waals surface area (Å²) in [7, 11) is 0. The maximum Gasteiger partial charge on any atom is 0.255 e. The number of rotatable bonds is 2. The van der Waals surface area contributed by atoms with Crippen LogP contribution < -0.4 is 5.32 Å². The van der Waals surface area contributed by atoms with Gasteiger partial charge in [0.05, 0.1) is 5.69 Å². The minimum Gasteiger partial charge on any atom is -0.321 e. The van der Waals surface area contributed by atoms with E-state index >= 15 is 0 Å². The number of anilines is 1. The summed E-state index contributed by atoms with van der Waals surface area (Å²) in [5.74, 6) is -0.590. The van der Waals surface area contributed by atoms with E-state index in [1.54, 1.807) is 13.0 Å². The van der Waals surface area contributed by atoms with Crippen LogP contribution in [-0.2, 0) is 0 Å². The van der Waals surface area contributed by atoms with Crippen LogP contribution in [0.5, 0.6) is 0 Å². The molecule has 1 amide bonds. The van der Waals surface area contributed by atoms with Crippen LogP contribution in [0.1, 0.15) is 15.9 Å². The molecule has 0 aromatic heterocycles. The Morgan fingerprint density at radius 1 is 1.16 bits per heavy atom. The van der Waals surface area contributed by atoms with Gasteiger partial charge in [-0.1, -0.05) is 15.9 Å². The molecule has 0 radical (unpaired) electrons. The van der Waals surface area contributed by atoms with Gasteiger partial charge in [0.15, 0.2) is 0 Å². The lowest BCUT2D eigenvalue weighted by atomic mass is 10.1. The van der Waals surface area contributed by atoms with Gasteiger partial charge in [-0.2, -0.15) is 0 Å². The van der Waals surface area contributed by atoms with Crippen LogP contribution in [0.2, 0.25) is 0 Å². The largest absolute Gasteiger partial charge is 0.321 e. The second kappa shape index (κ2) is 5.84. The molecule has 2 aromatic rings. The number of hydrogen-bond acceptors (Lipinski definition) is 1. The van der Waals surface area contributed by atoms with E-state index in [-0.39, 0.29) is 11.7 Å². The molecule has 0 spiro atoms. The highest BCUT2D eigenvalue weighted by atomic mass is 79.9. The Morgan fingerprint density at radius 2 is 1.89 bits per heavy atom. The van der Waals surface area contributed by atoms with E-state index in [4.69, 9.17) is 0 Å². The third-order valence-electron chi connectivity index (χ3n) is 2.60. The van der Waals surface area contributed by atoms with E-state index in [1.807, 2.05) is 12.1 Å². The van der Waals surface area contributed by atoms with Gasteiger partial charge in [-0.3, -0.25) is 4.79 Å². The van der Waals surface area contributed by atoms with E-state index < -0.39 is 0 Å². The number of hydrogen-bond donors (Lipinski definition) is 1. The Labute approximate surface area is 127 Å². The van der Waals surface area contributed by atoms with Crippen LogP contribution in [0.15, 0.2) is 45.3 Å². The first-order valence-electron chi connectivity index (χ1n) is 5.50. The summed E-state index contributed by atoms with van der Waals surface area (Å²) >= 11 is 6.71. The van der Waals surface area contributed by atoms with E-state index in [1.165, 1.54) is 18.2 Å². The molecule has 0 saturated heterocycles. The van der Waals surface area contributed by atoms with Crippen LogP contribution >= 0.6 is 31.9 Å². The monoisotopic (exact) mass is 385 g/mol. The van der Waals surface area contributed by atoms with Gasteiger partial charge in [0.25, 0.3) is 5.91 Å². The van der Waals surface area contributed by atoms with Crippen molar-refractivity contribution in [3.63, 3.8) is 0 Å². The molecule has 0 aliphatic heterocycles. The first-order valence-corrected chi connectivity index (χ1v) is 7.08. The van der Waals surface area contributed by atoms with Crippen molar-refractivity contribution in [3.05, 3.63) is 62.3 Å². The van der Waals surface area contributed by atoms with Crippen LogP contribution in [0.25, 0.3) is 0 Å². The maximum absolute atomic E-state index is 13.2. The minimum atomic E-state index is -0.318. The second-order valence-corrected chi connectivity index (χ2v) is 5.81. The normalized spacial score (nSPS) is 10.3. The second-order valence-electron chi connectivity index (χ2n) is 4.04. The lowest BCUT2D eigenvalue weighted by molar-refractivity contribution is 0.102. The van der Waals surface area contributed by atoms with E-state index in [9.17, 15) is 9.18 Å². The van der Waals surface area contributed by atoms with E-state index in [2.05, 4.69) is 37.2 Å². The van der Waals surface area contributed by atoms with Crippen LogP contribution in [0, 0.1) is 12.7 Å². The highest BCUT2D eigenvalue weighted by Crippen LogP contribution is 2.26. The van der Waals surface area contributed by atoms with Gasteiger partial charge < -0.3 is 5.32 Å². The fraction of sp³-hybridized carbons (Fsp3) is 0.0714. The lowest BCUT2D eigenvalue weighted by Crippen LogP contribution is -2.12. The number of carbonyl (C=O) groups excluding carboxylic acids is 1. The summed E-state index contributed by atoms with van der Waals surface area (Å²) in [5, 5.41) is 2.77. The molecule has 2 aromatic carbocycles. The summed E-state index contributed by atoms with van der Waals surface area (Å²) in [6.07, 6.45) is 0. The van der Waals surface area contributed by atoms with E-state index in [0.717, 1.165) is 8.95 Å². The average Bonchev–Trinajstić information content (AvgIpc) is 2.36. The van der Waals surface area contributed by atoms with Crippen molar-refractivity contribution in [1.82, 2.24) is 0 Å². The van der Waals surface area contributed by atoms with Crippen LogP contribution in [-0.4, -0.2) is 5.91 Å². The smallest absolute Gasteiger partial charge is 0.255 e. The molecule has 2 nitrogen and oxygen atoms in total. The third-order valence-corrected chi connectivity index (χ3v) is 3.75. The van der Waals surface area contributed by atoms with Gasteiger partial charge in [0, 0.05) is 14.5 Å². The van der Waals surface area contributed by atoms with Crippen LogP contribution in [0.4, 0.5) is 10.1 Å². The zero-order valence-corrected chi connectivity index (χ0v) is 13.2. The van der Waals surface area contributed by atoms with Gasteiger partial charge in [-0.25, -0.2) is 4.39 Å². The predicted molar refractivity (Wildman–Crippen MR) is 80.9 cm³/mol. The Morgan fingerprint density at radius 3 is 2.53 bits per heavy atom. The number of amides is 1. The van der Waals surface area contributed by atoms with Crippen molar-refractivity contribution < 1.29 is 9.18 Å². The SMILES string of the molecule is Cc1cc(C(=O)Nc2ccc(Br)cc2Br)ccc1F. The van der Waals surface area contributed by atoms with Crippen molar-refractivity contribution in [3.8, 4) is 0 Å². The van der Waals surface area contributed by atoms with Crippen LogP contribution in [0.3, 0.4) is 0 Å². The molecule has 0 fully saturated rings. The Kier molecular flexibility index (Phi) is 4.37. The molecule has 0 saturated carbocycles. The molecular formula is C14H10Br2FNO. The third kappa shape index (κ3) is 3.42. The molecule has 0 aliphatic rings. The number of carbonyl (C=O) groups is 1. The highest BCUT2D eigenvalue weighted by molar-refractivity contribution is 9.11. The number of aryl methyl sites for hydroxylation is 1. The quantitative estimate of drug-likeness (QED) is 0.780. The van der Waals surface area contributed by atoms with Crippen molar-refractivity contribution in [2.24, 2.45) is 0 Å².